The highest BCUT2D eigenvalue weighted by molar-refractivity contribution is 9.10. The van der Waals surface area contributed by atoms with Crippen LogP contribution in [0.5, 0.6) is 0 Å². The van der Waals surface area contributed by atoms with Crippen LogP contribution in [0.3, 0.4) is 0 Å². The molecule has 16 heavy (non-hydrogen) atoms. The minimum atomic E-state index is 0.211. The van der Waals surface area contributed by atoms with Crippen LogP contribution < -0.4 is 5.32 Å². The predicted octanol–water partition coefficient (Wildman–Crippen LogP) is 4.20. The van der Waals surface area contributed by atoms with E-state index in [1.54, 1.807) is 0 Å². The number of halogens is 3. The third-order valence-corrected chi connectivity index (χ3v) is 4.41. The molecule has 0 atom stereocenters. The van der Waals surface area contributed by atoms with Crippen LogP contribution in [0.1, 0.15) is 6.92 Å². The molecule has 0 unspecified atom stereocenters. The van der Waals surface area contributed by atoms with Crippen LogP contribution in [0.2, 0.25) is 10.0 Å². The second-order valence-electron chi connectivity index (χ2n) is 4.38. The Bertz CT molecular complexity index is 407. The minimum Gasteiger partial charge on any atom is -0.383 e. The van der Waals surface area contributed by atoms with E-state index in [0.29, 0.717) is 10.0 Å². The van der Waals surface area contributed by atoms with Crippen molar-refractivity contribution >= 4 is 44.8 Å². The maximum absolute atomic E-state index is 6.13. The van der Waals surface area contributed by atoms with Gasteiger partial charge in [-0.2, -0.15) is 0 Å². The van der Waals surface area contributed by atoms with Crippen molar-refractivity contribution in [3.63, 3.8) is 0 Å². The van der Waals surface area contributed by atoms with E-state index in [4.69, 9.17) is 27.9 Å². The molecule has 1 aliphatic rings. The normalized spacial score (nSPS) is 18.0. The second-order valence-corrected chi connectivity index (χ2v) is 5.99. The van der Waals surface area contributed by atoms with Crippen molar-refractivity contribution in [3.05, 3.63) is 26.7 Å². The molecular formula is C11H12BrCl2NO. The lowest BCUT2D eigenvalue weighted by molar-refractivity contribution is -0.0924. The summed E-state index contributed by atoms with van der Waals surface area (Å²) in [5.41, 5.74) is 1.08. The number of ether oxygens (including phenoxy) is 1. The molecule has 0 radical (unpaired) electrons. The van der Waals surface area contributed by atoms with Gasteiger partial charge in [0.25, 0.3) is 0 Å². The van der Waals surface area contributed by atoms with Gasteiger partial charge in [0.05, 0.1) is 28.9 Å². The van der Waals surface area contributed by atoms with E-state index >= 15 is 0 Å². The maximum Gasteiger partial charge on any atom is 0.0835 e. The summed E-state index contributed by atoms with van der Waals surface area (Å²) in [5, 5.41) is 4.40. The summed E-state index contributed by atoms with van der Waals surface area (Å²) < 4.78 is 6.00. The maximum atomic E-state index is 6.13. The standard InChI is InChI=1S/C11H12BrCl2NO/c1-11(5-16-6-11)4-15-8-3-2-7(12)9(13)10(8)14/h2-3,15H,4-6H2,1H3. The molecule has 1 heterocycles. The van der Waals surface area contributed by atoms with Crippen LogP contribution in [-0.2, 0) is 4.74 Å². The van der Waals surface area contributed by atoms with Crippen molar-refractivity contribution in [3.8, 4) is 0 Å². The Balaban J connectivity index is 2.07. The van der Waals surface area contributed by atoms with Gasteiger partial charge >= 0.3 is 0 Å². The summed E-state index contributed by atoms with van der Waals surface area (Å²) in [4.78, 5) is 0. The topological polar surface area (TPSA) is 21.3 Å². The Kier molecular flexibility index (Phi) is 3.69. The summed E-state index contributed by atoms with van der Waals surface area (Å²) in [6, 6.07) is 3.80. The van der Waals surface area contributed by atoms with E-state index in [1.807, 2.05) is 12.1 Å². The van der Waals surface area contributed by atoms with Gasteiger partial charge in [0.1, 0.15) is 0 Å². The molecule has 1 aromatic rings. The third kappa shape index (κ3) is 2.48. The van der Waals surface area contributed by atoms with Crippen molar-refractivity contribution in [2.24, 2.45) is 5.41 Å². The van der Waals surface area contributed by atoms with E-state index in [-0.39, 0.29) is 5.41 Å². The number of hydrogen-bond donors (Lipinski definition) is 1. The summed E-state index contributed by atoms with van der Waals surface area (Å²) in [5.74, 6) is 0. The number of nitrogens with one attached hydrogen (secondary N) is 1. The van der Waals surface area contributed by atoms with Crippen LogP contribution in [0.25, 0.3) is 0 Å². The molecule has 1 fully saturated rings. The largest absolute Gasteiger partial charge is 0.383 e. The fraction of sp³-hybridized carbons (Fsp3) is 0.455. The van der Waals surface area contributed by atoms with Crippen LogP contribution in [0.4, 0.5) is 5.69 Å². The van der Waals surface area contributed by atoms with E-state index in [0.717, 1.165) is 29.9 Å². The van der Waals surface area contributed by atoms with Gasteiger partial charge < -0.3 is 10.1 Å². The first kappa shape index (κ1) is 12.5. The highest BCUT2D eigenvalue weighted by Gasteiger charge is 2.33. The van der Waals surface area contributed by atoms with E-state index in [9.17, 15) is 0 Å². The van der Waals surface area contributed by atoms with E-state index < -0.39 is 0 Å². The van der Waals surface area contributed by atoms with Crippen LogP contribution >= 0.6 is 39.1 Å². The Labute approximate surface area is 113 Å². The Hall–Kier alpha value is 0.0400. The molecule has 2 rings (SSSR count). The highest BCUT2D eigenvalue weighted by Crippen LogP contribution is 2.36. The minimum absolute atomic E-state index is 0.211. The second kappa shape index (κ2) is 4.73. The molecule has 88 valence electrons. The van der Waals surface area contributed by atoms with Gasteiger partial charge in [-0.25, -0.2) is 0 Å². The fourth-order valence-corrected chi connectivity index (χ4v) is 2.36. The first-order chi connectivity index (χ1) is 7.52. The fourth-order valence-electron chi connectivity index (χ4n) is 1.52. The molecule has 0 spiro atoms. The number of hydrogen-bond acceptors (Lipinski definition) is 2. The zero-order chi connectivity index (χ0) is 11.8. The lowest BCUT2D eigenvalue weighted by Crippen LogP contribution is -2.45. The van der Waals surface area contributed by atoms with E-state index in [1.165, 1.54) is 0 Å². The molecule has 5 heteroatoms. The first-order valence-corrected chi connectivity index (χ1v) is 6.52. The lowest BCUT2D eigenvalue weighted by atomic mass is 9.89. The van der Waals surface area contributed by atoms with Crippen molar-refractivity contribution in [2.45, 2.75) is 6.92 Å². The number of benzene rings is 1. The molecule has 0 saturated carbocycles. The molecule has 0 aromatic heterocycles. The first-order valence-electron chi connectivity index (χ1n) is 4.97. The van der Waals surface area contributed by atoms with Crippen molar-refractivity contribution < 1.29 is 4.74 Å². The van der Waals surface area contributed by atoms with Gasteiger partial charge in [-0.15, -0.1) is 0 Å². The van der Waals surface area contributed by atoms with Gasteiger partial charge in [-0.05, 0) is 28.1 Å². The molecule has 0 amide bonds. The van der Waals surface area contributed by atoms with Gasteiger partial charge in [-0.3, -0.25) is 0 Å². The summed E-state index contributed by atoms with van der Waals surface area (Å²) >= 11 is 15.5. The molecule has 1 aromatic carbocycles. The molecule has 1 saturated heterocycles. The number of anilines is 1. The monoisotopic (exact) mass is 323 g/mol. The predicted molar refractivity (Wildman–Crippen MR) is 71.6 cm³/mol. The summed E-state index contributed by atoms with van der Waals surface area (Å²) in [6.07, 6.45) is 0. The average Bonchev–Trinajstić information content (AvgIpc) is 2.22. The Morgan fingerprint density at radius 2 is 2.06 bits per heavy atom. The molecule has 1 N–H and O–H groups in total. The highest BCUT2D eigenvalue weighted by atomic mass is 79.9. The van der Waals surface area contributed by atoms with Gasteiger partial charge in [0, 0.05) is 16.4 Å². The number of rotatable bonds is 3. The van der Waals surface area contributed by atoms with Gasteiger partial charge in [-0.1, -0.05) is 30.1 Å². The quantitative estimate of drug-likeness (QED) is 0.841. The molecular weight excluding hydrogens is 313 g/mol. The van der Waals surface area contributed by atoms with Crippen LogP contribution in [0.15, 0.2) is 16.6 Å². The zero-order valence-corrected chi connectivity index (χ0v) is 11.9. The lowest BCUT2D eigenvalue weighted by Gasteiger charge is -2.38. The van der Waals surface area contributed by atoms with Crippen molar-refractivity contribution in [2.75, 3.05) is 25.1 Å². The van der Waals surface area contributed by atoms with Crippen molar-refractivity contribution in [1.29, 1.82) is 0 Å². The zero-order valence-electron chi connectivity index (χ0n) is 8.82. The molecule has 2 nitrogen and oxygen atoms in total. The van der Waals surface area contributed by atoms with Gasteiger partial charge in [0.15, 0.2) is 0 Å². The Morgan fingerprint density at radius 3 is 2.62 bits per heavy atom. The SMILES string of the molecule is CC1(CNc2ccc(Br)c(Cl)c2Cl)COC1. The van der Waals surface area contributed by atoms with Crippen LogP contribution in [0, 0.1) is 5.41 Å². The summed E-state index contributed by atoms with van der Waals surface area (Å²) in [6.45, 7) is 4.60. The molecule has 1 aliphatic heterocycles. The van der Waals surface area contributed by atoms with E-state index in [2.05, 4.69) is 28.2 Å². The average molecular weight is 325 g/mol. The summed E-state index contributed by atoms with van der Waals surface area (Å²) in [7, 11) is 0. The van der Waals surface area contributed by atoms with Crippen LogP contribution in [-0.4, -0.2) is 19.8 Å². The third-order valence-electron chi connectivity index (χ3n) is 2.64. The van der Waals surface area contributed by atoms with Crippen molar-refractivity contribution in [1.82, 2.24) is 0 Å². The molecule has 0 bridgehead atoms. The smallest absolute Gasteiger partial charge is 0.0835 e. The Morgan fingerprint density at radius 1 is 1.38 bits per heavy atom. The molecule has 0 aliphatic carbocycles. The van der Waals surface area contributed by atoms with Gasteiger partial charge in [0.2, 0.25) is 0 Å².